The van der Waals surface area contributed by atoms with Crippen molar-refractivity contribution >= 4 is 50.4 Å². The number of hydrogen-bond donors (Lipinski definition) is 0. The minimum Gasteiger partial charge on any atom is -0.497 e. The van der Waals surface area contributed by atoms with Gasteiger partial charge in [-0.1, -0.05) is 97.1 Å². The lowest BCUT2D eigenvalue weighted by molar-refractivity contribution is -0.130. The lowest BCUT2D eigenvalue weighted by atomic mass is 9.59. The van der Waals surface area contributed by atoms with Crippen LogP contribution in [0.4, 0.5) is 5.69 Å². The molecule has 0 radical (unpaired) electrons. The Bertz CT molecular complexity index is 2000. The standard InChI is InChI=1S/C41H30BrNO5/c1-47-29-21-17-25(18-22-29)33-34(26-19-23-30(48-2)24-20-26)41(28-13-7-4-8-14-28)36-35(40(33,39(41)46)27-11-5-3-6-12-27)37(44)43(38(36)45)32-16-10-9-15-31(32)42/h3-24,35-36H,1-2H3/t35-,36-,40+,41+/m0/s1. The molecule has 2 amide bonds. The minimum absolute atomic E-state index is 0.174. The summed E-state index contributed by atoms with van der Waals surface area (Å²) in [5, 5.41) is 0. The van der Waals surface area contributed by atoms with Crippen molar-refractivity contribution < 1.29 is 23.9 Å². The molecule has 2 aliphatic carbocycles. The van der Waals surface area contributed by atoms with E-state index < -0.39 is 34.5 Å². The zero-order chi connectivity index (χ0) is 33.2. The first-order valence-electron chi connectivity index (χ1n) is 15.7. The maximum Gasteiger partial charge on any atom is 0.239 e. The van der Waals surface area contributed by atoms with Crippen LogP contribution >= 0.6 is 15.9 Å². The van der Waals surface area contributed by atoms with E-state index in [9.17, 15) is 0 Å². The summed E-state index contributed by atoms with van der Waals surface area (Å²) in [7, 11) is 3.22. The average Bonchev–Trinajstić information content (AvgIpc) is 3.64. The van der Waals surface area contributed by atoms with Crippen LogP contribution < -0.4 is 14.4 Å². The molecule has 0 N–H and O–H groups in total. The van der Waals surface area contributed by atoms with Gasteiger partial charge in [-0.2, -0.15) is 0 Å². The van der Waals surface area contributed by atoms with E-state index in [4.69, 9.17) is 9.47 Å². The Balaban J connectivity index is 1.55. The lowest BCUT2D eigenvalue weighted by Crippen LogP contribution is -2.45. The van der Waals surface area contributed by atoms with E-state index >= 15 is 14.4 Å². The molecule has 5 aromatic rings. The molecule has 0 unspecified atom stereocenters. The number of allylic oxidation sites excluding steroid dienone is 2. The number of imide groups is 1. The molecule has 0 spiro atoms. The maximum absolute atomic E-state index is 16.0. The second-order valence-electron chi connectivity index (χ2n) is 12.3. The van der Waals surface area contributed by atoms with Crippen molar-refractivity contribution in [3.63, 3.8) is 0 Å². The second kappa shape index (κ2) is 11.2. The smallest absolute Gasteiger partial charge is 0.239 e. The number of fused-ring (bicyclic) bond motifs is 5. The van der Waals surface area contributed by atoms with E-state index in [1.54, 1.807) is 26.4 Å². The van der Waals surface area contributed by atoms with Crippen molar-refractivity contribution in [3.05, 3.63) is 160 Å². The summed E-state index contributed by atoms with van der Waals surface area (Å²) in [6.45, 7) is 0. The number of anilines is 1. The highest BCUT2D eigenvalue weighted by molar-refractivity contribution is 9.10. The topological polar surface area (TPSA) is 72.9 Å². The summed E-state index contributed by atoms with van der Waals surface area (Å²) in [6.07, 6.45) is 0. The monoisotopic (exact) mass is 695 g/mol. The van der Waals surface area contributed by atoms with Crippen LogP contribution in [0.15, 0.2) is 138 Å². The van der Waals surface area contributed by atoms with Gasteiger partial charge in [-0.05, 0) is 85.7 Å². The van der Waals surface area contributed by atoms with Gasteiger partial charge >= 0.3 is 0 Å². The molecule has 48 heavy (non-hydrogen) atoms. The largest absolute Gasteiger partial charge is 0.497 e. The summed E-state index contributed by atoms with van der Waals surface area (Å²) >= 11 is 3.59. The fourth-order valence-electron chi connectivity index (χ4n) is 8.51. The molecule has 3 aliphatic rings. The highest BCUT2D eigenvalue weighted by atomic mass is 79.9. The van der Waals surface area contributed by atoms with Crippen molar-refractivity contribution in [2.24, 2.45) is 11.8 Å². The van der Waals surface area contributed by atoms with Crippen LogP contribution in [0.1, 0.15) is 22.3 Å². The first-order chi connectivity index (χ1) is 23.4. The van der Waals surface area contributed by atoms with Crippen LogP contribution in [0.5, 0.6) is 11.5 Å². The van der Waals surface area contributed by atoms with Gasteiger partial charge in [-0.25, -0.2) is 4.90 Å². The minimum atomic E-state index is -1.49. The summed E-state index contributed by atoms with van der Waals surface area (Å²) in [5.74, 6) is -1.66. The van der Waals surface area contributed by atoms with E-state index in [1.807, 2.05) is 121 Å². The molecule has 236 valence electrons. The molecular weight excluding hydrogens is 666 g/mol. The number of ketones is 1. The van der Waals surface area contributed by atoms with Crippen molar-refractivity contribution in [2.45, 2.75) is 10.8 Å². The van der Waals surface area contributed by atoms with Crippen molar-refractivity contribution in [2.75, 3.05) is 19.1 Å². The zero-order valence-electron chi connectivity index (χ0n) is 26.2. The molecule has 8 rings (SSSR count). The van der Waals surface area contributed by atoms with Gasteiger partial charge in [0.2, 0.25) is 11.8 Å². The second-order valence-corrected chi connectivity index (χ2v) is 13.2. The predicted octanol–water partition coefficient (Wildman–Crippen LogP) is 7.66. The van der Waals surface area contributed by atoms with E-state index in [0.29, 0.717) is 43.9 Å². The Hall–Kier alpha value is -5.27. The van der Waals surface area contributed by atoms with E-state index in [0.717, 1.165) is 11.1 Å². The third-order valence-electron chi connectivity index (χ3n) is 10.3. The Morgan fingerprint density at radius 3 is 1.33 bits per heavy atom. The molecule has 2 fully saturated rings. The normalized spacial score (nSPS) is 24.3. The van der Waals surface area contributed by atoms with Crippen LogP contribution in [0.2, 0.25) is 0 Å². The number of methoxy groups -OCH3 is 2. The Morgan fingerprint density at radius 1 is 0.542 bits per heavy atom. The summed E-state index contributed by atoms with van der Waals surface area (Å²) in [4.78, 5) is 47.5. The van der Waals surface area contributed by atoms with Gasteiger partial charge in [0.05, 0.1) is 42.6 Å². The van der Waals surface area contributed by atoms with Crippen LogP contribution in [-0.2, 0) is 25.2 Å². The van der Waals surface area contributed by atoms with Gasteiger partial charge in [-0.15, -0.1) is 0 Å². The average molecular weight is 697 g/mol. The van der Waals surface area contributed by atoms with Gasteiger partial charge in [-0.3, -0.25) is 14.4 Å². The molecule has 0 aromatic heterocycles. The van der Waals surface area contributed by atoms with Crippen molar-refractivity contribution in [1.29, 1.82) is 0 Å². The fourth-order valence-corrected chi connectivity index (χ4v) is 8.97. The Labute approximate surface area is 286 Å². The van der Waals surface area contributed by atoms with Gasteiger partial charge in [0.25, 0.3) is 0 Å². The summed E-state index contributed by atoms with van der Waals surface area (Å²) in [6, 6.07) is 41.4. The van der Waals surface area contributed by atoms with Crippen molar-refractivity contribution in [3.8, 4) is 11.5 Å². The number of hydrogen-bond acceptors (Lipinski definition) is 5. The highest BCUT2D eigenvalue weighted by Crippen LogP contribution is 2.74. The van der Waals surface area contributed by atoms with Crippen molar-refractivity contribution in [1.82, 2.24) is 0 Å². The van der Waals surface area contributed by atoms with Gasteiger partial charge in [0.1, 0.15) is 11.5 Å². The molecule has 4 atom stereocenters. The first-order valence-corrected chi connectivity index (χ1v) is 16.5. The number of rotatable bonds is 7. The number of nitrogens with zero attached hydrogens (tertiary/aromatic N) is 1. The third kappa shape index (κ3) is 3.82. The van der Waals surface area contributed by atoms with E-state index in [2.05, 4.69) is 15.9 Å². The number of para-hydroxylation sites is 1. The SMILES string of the molecule is COc1ccc(C2=C(c3ccc(OC)cc3)[C@@]3(c4ccccc4)C(=O)[C@@]2(c2ccccc2)[C@@H]2C(=O)N(c4ccccc4Br)C(=O)[C@H]23)cc1. The summed E-state index contributed by atoms with van der Waals surface area (Å²) < 4.78 is 11.7. The molecule has 1 saturated heterocycles. The third-order valence-corrected chi connectivity index (χ3v) is 11.0. The van der Waals surface area contributed by atoms with Gasteiger partial charge in [0.15, 0.2) is 5.78 Å². The number of benzene rings is 5. The maximum atomic E-state index is 16.0. The first kappa shape index (κ1) is 30.1. The molecule has 1 heterocycles. The predicted molar refractivity (Wildman–Crippen MR) is 188 cm³/mol. The van der Waals surface area contributed by atoms with Crippen LogP contribution in [0.25, 0.3) is 11.1 Å². The lowest BCUT2D eigenvalue weighted by Gasteiger charge is -2.39. The van der Waals surface area contributed by atoms with E-state index in [1.165, 1.54) is 4.90 Å². The molecule has 1 saturated carbocycles. The number of amides is 2. The number of ether oxygens (including phenoxy) is 2. The molecule has 6 nitrogen and oxygen atoms in total. The van der Waals surface area contributed by atoms with Crippen LogP contribution in [0.3, 0.4) is 0 Å². The van der Waals surface area contributed by atoms with Crippen LogP contribution in [0, 0.1) is 11.8 Å². The highest BCUT2D eigenvalue weighted by Gasteiger charge is 2.82. The Morgan fingerprint density at radius 2 is 0.938 bits per heavy atom. The molecular formula is C41H30BrNO5. The number of halogens is 1. The number of Topliss-reactive ketones (excluding diaryl/α,β-unsaturated/α-hetero) is 1. The number of carbonyl (C=O) groups is 3. The molecule has 1 aliphatic heterocycles. The van der Waals surface area contributed by atoms with Crippen LogP contribution in [-0.4, -0.2) is 31.8 Å². The van der Waals surface area contributed by atoms with Gasteiger partial charge in [0, 0.05) is 4.47 Å². The summed E-state index contributed by atoms with van der Waals surface area (Å²) in [5.41, 5.74) is 1.79. The molecule has 7 heteroatoms. The Kier molecular flexibility index (Phi) is 7.00. The molecule has 2 bridgehead atoms. The quantitative estimate of drug-likeness (QED) is 0.164. The zero-order valence-corrected chi connectivity index (χ0v) is 27.8. The fraction of sp³-hybridized carbons (Fsp3) is 0.146. The number of carbonyl (C=O) groups excluding carboxylic acids is 3. The van der Waals surface area contributed by atoms with E-state index in [-0.39, 0.29) is 5.78 Å². The van der Waals surface area contributed by atoms with Gasteiger partial charge < -0.3 is 9.47 Å². The molecule has 5 aromatic carbocycles.